The standard InChI is InChI=1S/C16H19N3O5/c20-12(18-16(15(21)22)7-2-1-3-8-16)4-5-13-17-14(19-24-13)11-6-9-23-10-11/h6,9-10H,1-5,7-8H2,(H,18,20)(H,21,22). The molecule has 2 aromatic rings. The van der Waals surface area contributed by atoms with Crippen LogP contribution in [0.5, 0.6) is 0 Å². The van der Waals surface area contributed by atoms with Crippen LogP contribution in [0.15, 0.2) is 27.5 Å². The second kappa shape index (κ2) is 6.86. The molecular weight excluding hydrogens is 314 g/mol. The second-order valence-electron chi connectivity index (χ2n) is 6.02. The highest BCUT2D eigenvalue weighted by Gasteiger charge is 2.40. The normalized spacial score (nSPS) is 16.7. The van der Waals surface area contributed by atoms with Gasteiger partial charge in [-0.25, -0.2) is 4.79 Å². The van der Waals surface area contributed by atoms with Crippen LogP contribution >= 0.6 is 0 Å². The molecule has 0 spiro atoms. The Morgan fingerprint density at radius 1 is 1.29 bits per heavy atom. The van der Waals surface area contributed by atoms with Crippen molar-refractivity contribution in [2.75, 3.05) is 0 Å². The van der Waals surface area contributed by atoms with Crippen LogP contribution in [0, 0.1) is 0 Å². The molecule has 1 aliphatic carbocycles. The van der Waals surface area contributed by atoms with Gasteiger partial charge in [0.1, 0.15) is 11.8 Å². The van der Waals surface area contributed by atoms with Crippen molar-refractivity contribution in [1.29, 1.82) is 0 Å². The predicted molar refractivity (Wildman–Crippen MR) is 81.9 cm³/mol. The maximum atomic E-state index is 12.2. The molecule has 0 aromatic carbocycles. The molecule has 0 saturated heterocycles. The van der Waals surface area contributed by atoms with Gasteiger partial charge in [-0.1, -0.05) is 24.4 Å². The fourth-order valence-corrected chi connectivity index (χ4v) is 2.96. The Balaban J connectivity index is 1.56. The molecule has 0 unspecified atom stereocenters. The Kier molecular flexibility index (Phi) is 4.64. The first-order valence-electron chi connectivity index (χ1n) is 7.99. The van der Waals surface area contributed by atoms with Crippen LogP contribution in [-0.4, -0.2) is 32.7 Å². The van der Waals surface area contributed by atoms with E-state index in [9.17, 15) is 14.7 Å². The minimum Gasteiger partial charge on any atom is -0.480 e. The lowest BCUT2D eigenvalue weighted by atomic mass is 9.81. The zero-order chi connectivity index (χ0) is 17.0. The van der Waals surface area contributed by atoms with Crippen molar-refractivity contribution < 1.29 is 23.6 Å². The van der Waals surface area contributed by atoms with Crippen LogP contribution in [0.1, 0.15) is 44.4 Å². The van der Waals surface area contributed by atoms with Crippen molar-refractivity contribution in [1.82, 2.24) is 15.5 Å². The number of aromatic nitrogens is 2. The summed E-state index contributed by atoms with van der Waals surface area (Å²) in [5.41, 5.74) is -0.437. The molecule has 0 radical (unpaired) electrons. The van der Waals surface area contributed by atoms with E-state index in [1.165, 1.54) is 12.5 Å². The third-order valence-corrected chi connectivity index (χ3v) is 4.31. The number of rotatable bonds is 6. The molecular formula is C16H19N3O5. The van der Waals surface area contributed by atoms with Crippen LogP contribution in [0.25, 0.3) is 11.4 Å². The zero-order valence-corrected chi connectivity index (χ0v) is 13.2. The first kappa shape index (κ1) is 16.2. The van der Waals surface area contributed by atoms with Crippen molar-refractivity contribution in [3.63, 3.8) is 0 Å². The molecule has 8 heteroatoms. The van der Waals surface area contributed by atoms with Gasteiger partial charge in [0.2, 0.25) is 17.6 Å². The molecule has 128 valence electrons. The first-order chi connectivity index (χ1) is 11.6. The van der Waals surface area contributed by atoms with Gasteiger partial charge in [0.15, 0.2) is 0 Å². The van der Waals surface area contributed by atoms with Crippen LogP contribution in [0.3, 0.4) is 0 Å². The van der Waals surface area contributed by atoms with Crippen molar-refractivity contribution >= 4 is 11.9 Å². The summed E-state index contributed by atoms with van der Waals surface area (Å²) < 4.78 is 10.1. The summed E-state index contributed by atoms with van der Waals surface area (Å²) >= 11 is 0. The molecule has 1 saturated carbocycles. The highest BCUT2D eigenvalue weighted by Crippen LogP contribution is 2.28. The summed E-state index contributed by atoms with van der Waals surface area (Å²) in [7, 11) is 0. The number of carboxylic acid groups (broad SMARTS) is 1. The van der Waals surface area contributed by atoms with Crippen molar-refractivity contribution in [2.24, 2.45) is 0 Å². The number of nitrogens with one attached hydrogen (secondary N) is 1. The average Bonchev–Trinajstić information content (AvgIpc) is 3.25. The van der Waals surface area contributed by atoms with E-state index in [1.54, 1.807) is 6.07 Å². The maximum Gasteiger partial charge on any atom is 0.329 e. The highest BCUT2D eigenvalue weighted by atomic mass is 16.5. The molecule has 24 heavy (non-hydrogen) atoms. The van der Waals surface area contributed by atoms with Crippen LogP contribution in [-0.2, 0) is 16.0 Å². The van der Waals surface area contributed by atoms with Gasteiger partial charge in [-0.3, -0.25) is 4.79 Å². The van der Waals surface area contributed by atoms with Gasteiger partial charge in [0, 0.05) is 12.8 Å². The second-order valence-corrected chi connectivity index (χ2v) is 6.02. The summed E-state index contributed by atoms with van der Waals surface area (Å²) in [4.78, 5) is 27.9. The Morgan fingerprint density at radius 2 is 2.08 bits per heavy atom. The number of carbonyl (C=O) groups is 2. The molecule has 2 N–H and O–H groups in total. The quantitative estimate of drug-likeness (QED) is 0.831. The number of aliphatic carboxylic acids is 1. The summed E-state index contributed by atoms with van der Waals surface area (Å²) in [5.74, 6) is -0.555. The van der Waals surface area contributed by atoms with E-state index in [-0.39, 0.29) is 18.7 Å². The fraction of sp³-hybridized carbons (Fsp3) is 0.500. The molecule has 2 aromatic heterocycles. The van der Waals surface area contributed by atoms with Crippen LogP contribution < -0.4 is 5.32 Å². The summed E-state index contributed by atoms with van der Waals surface area (Å²) in [6.45, 7) is 0. The van der Waals surface area contributed by atoms with E-state index < -0.39 is 11.5 Å². The average molecular weight is 333 g/mol. The molecule has 8 nitrogen and oxygen atoms in total. The molecule has 0 bridgehead atoms. The van der Waals surface area contributed by atoms with Gasteiger partial charge < -0.3 is 19.4 Å². The van der Waals surface area contributed by atoms with Crippen molar-refractivity contribution in [3.05, 3.63) is 24.5 Å². The highest BCUT2D eigenvalue weighted by molar-refractivity contribution is 5.87. The molecule has 2 heterocycles. The van der Waals surface area contributed by atoms with Crippen molar-refractivity contribution in [2.45, 2.75) is 50.5 Å². The number of carbonyl (C=O) groups excluding carboxylic acids is 1. The molecule has 1 fully saturated rings. The van der Waals surface area contributed by atoms with Crippen LogP contribution in [0.4, 0.5) is 0 Å². The molecule has 1 amide bonds. The third kappa shape index (κ3) is 3.47. The van der Waals surface area contributed by atoms with Gasteiger partial charge in [-0.05, 0) is 18.9 Å². The Hall–Kier alpha value is -2.64. The minimum atomic E-state index is -1.13. The lowest BCUT2D eigenvalue weighted by Gasteiger charge is -2.33. The molecule has 0 atom stereocenters. The van der Waals surface area contributed by atoms with Crippen LogP contribution in [0.2, 0.25) is 0 Å². The monoisotopic (exact) mass is 333 g/mol. The summed E-state index contributed by atoms with van der Waals surface area (Å²) in [5, 5.41) is 16.0. The fourth-order valence-electron chi connectivity index (χ4n) is 2.96. The van der Waals surface area contributed by atoms with E-state index in [0.717, 1.165) is 19.3 Å². The predicted octanol–water partition coefficient (Wildman–Crippen LogP) is 2.17. The number of aryl methyl sites for hydroxylation is 1. The number of carboxylic acids is 1. The SMILES string of the molecule is O=C(CCc1nc(-c2ccoc2)no1)NC1(C(=O)O)CCCCC1. The van der Waals surface area contributed by atoms with Gasteiger partial charge in [-0.15, -0.1) is 0 Å². The van der Waals surface area contributed by atoms with Crippen molar-refractivity contribution in [3.8, 4) is 11.4 Å². The van der Waals surface area contributed by atoms with E-state index in [1.807, 2.05) is 0 Å². The van der Waals surface area contributed by atoms with Gasteiger partial charge in [0.05, 0.1) is 11.8 Å². The smallest absolute Gasteiger partial charge is 0.329 e. The van der Waals surface area contributed by atoms with Gasteiger partial charge in [-0.2, -0.15) is 4.98 Å². The topological polar surface area (TPSA) is 118 Å². The number of hydrogen-bond acceptors (Lipinski definition) is 6. The number of nitrogens with zero attached hydrogens (tertiary/aromatic N) is 2. The Morgan fingerprint density at radius 3 is 2.75 bits per heavy atom. The van der Waals surface area contributed by atoms with Gasteiger partial charge >= 0.3 is 5.97 Å². The maximum absolute atomic E-state index is 12.2. The lowest BCUT2D eigenvalue weighted by Crippen LogP contribution is -2.55. The van der Waals surface area contributed by atoms with E-state index in [0.29, 0.717) is 30.1 Å². The summed E-state index contributed by atoms with van der Waals surface area (Å²) in [6, 6.07) is 1.71. The van der Waals surface area contributed by atoms with E-state index in [2.05, 4.69) is 15.5 Å². The Bertz CT molecular complexity index is 701. The molecule has 3 rings (SSSR count). The first-order valence-corrected chi connectivity index (χ1v) is 7.99. The van der Waals surface area contributed by atoms with E-state index >= 15 is 0 Å². The number of hydrogen-bond donors (Lipinski definition) is 2. The third-order valence-electron chi connectivity index (χ3n) is 4.31. The number of furan rings is 1. The molecule has 1 aliphatic rings. The molecule has 0 aliphatic heterocycles. The number of amides is 1. The van der Waals surface area contributed by atoms with E-state index in [4.69, 9.17) is 8.94 Å². The minimum absolute atomic E-state index is 0.0993. The summed E-state index contributed by atoms with van der Waals surface area (Å²) in [6.07, 6.45) is 6.93. The Labute approximate surface area is 138 Å². The largest absolute Gasteiger partial charge is 0.480 e. The van der Waals surface area contributed by atoms with Gasteiger partial charge in [0.25, 0.3) is 0 Å². The lowest BCUT2D eigenvalue weighted by molar-refractivity contribution is -0.149. The zero-order valence-electron chi connectivity index (χ0n) is 13.2.